The fourth-order valence-electron chi connectivity index (χ4n) is 1.07. The van der Waals surface area contributed by atoms with E-state index in [1.54, 1.807) is 12.1 Å². The summed E-state index contributed by atoms with van der Waals surface area (Å²) in [6.07, 6.45) is 0. The van der Waals surface area contributed by atoms with Gasteiger partial charge in [0.1, 0.15) is 0 Å². The minimum absolute atomic E-state index is 0.0910. The van der Waals surface area contributed by atoms with Gasteiger partial charge >= 0.3 is 5.97 Å². The number of halogens is 1. The molecule has 0 aliphatic carbocycles. The summed E-state index contributed by atoms with van der Waals surface area (Å²) in [6.45, 7) is 0. The molecule has 2 aromatic rings. The van der Waals surface area contributed by atoms with Gasteiger partial charge in [-0.15, -0.1) is 0 Å². The number of rotatable bonds is 1. The molecule has 4 nitrogen and oxygen atoms in total. The third-order valence-corrected chi connectivity index (χ3v) is 1.87. The molecule has 1 aromatic heterocycles. The summed E-state index contributed by atoms with van der Waals surface area (Å²) >= 11 is 5.67. The zero-order valence-corrected chi connectivity index (χ0v) is 7.08. The standard InChI is InChI=1S/C8H4ClNO3/c9-4-1-2-5-6(3-4)13-10-7(5)8(11)12/h1-3H,(H,11,12). The van der Waals surface area contributed by atoms with Crippen molar-refractivity contribution < 1.29 is 14.4 Å². The molecular weight excluding hydrogens is 194 g/mol. The number of aromatic nitrogens is 1. The van der Waals surface area contributed by atoms with Gasteiger partial charge in [0.25, 0.3) is 0 Å². The molecule has 0 saturated carbocycles. The fraction of sp³-hybridized carbons (Fsp3) is 0. The van der Waals surface area contributed by atoms with Gasteiger partial charge in [0.2, 0.25) is 0 Å². The maximum Gasteiger partial charge on any atom is 0.358 e. The van der Waals surface area contributed by atoms with Crippen LogP contribution in [0.25, 0.3) is 11.0 Å². The van der Waals surface area contributed by atoms with Gasteiger partial charge in [-0.05, 0) is 12.1 Å². The van der Waals surface area contributed by atoms with Crippen LogP contribution in [0.5, 0.6) is 0 Å². The number of aromatic carboxylic acids is 1. The van der Waals surface area contributed by atoms with Crippen molar-refractivity contribution in [3.05, 3.63) is 28.9 Å². The first-order valence-electron chi connectivity index (χ1n) is 3.47. The lowest BCUT2D eigenvalue weighted by molar-refractivity contribution is 0.0688. The smallest absolute Gasteiger partial charge is 0.358 e. The fourth-order valence-corrected chi connectivity index (χ4v) is 1.23. The predicted molar refractivity (Wildman–Crippen MR) is 46.0 cm³/mol. The van der Waals surface area contributed by atoms with Crippen LogP contribution in [-0.4, -0.2) is 16.2 Å². The molecular formula is C8H4ClNO3. The van der Waals surface area contributed by atoms with Crippen LogP contribution >= 0.6 is 11.6 Å². The number of hydrogen-bond acceptors (Lipinski definition) is 3. The summed E-state index contributed by atoms with van der Waals surface area (Å²) in [7, 11) is 0. The minimum atomic E-state index is -1.11. The Morgan fingerprint density at radius 3 is 3.00 bits per heavy atom. The van der Waals surface area contributed by atoms with Gasteiger partial charge in [0.15, 0.2) is 11.3 Å². The van der Waals surface area contributed by atoms with E-state index in [1.807, 2.05) is 0 Å². The largest absolute Gasteiger partial charge is 0.476 e. The van der Waals surface area contributed by atoms with Gasteiger partial charge < -0.3 is 9.63 Å². The van der Waals surface area contributed by atoms with Crippen LogP contribution in [-0.2, 0) is 0 Å². The van der Waals surface area contributed by atoms with E-state index in [-0.39, 0.29) is 5.69 Å². The van der Waals surface area contributed by atoms with Crippen molar-refractivity contribution in [2.24, 2.45) is 0 Å². The average Bonchev–Trinajstić information content (AvgIpc) is 2.46. The first kappa shape index (κ1) is 8.07. The van der Waals surface area contributed by atoms with Gasteiger partial charge in [-0.1, -0.05) is 16.8 Å². The highest BCUT2D eigenvalue weighted by Gasteiger charge is 2.14. The molecule has 0 bridgehead atoms. The predicted octanol–water partition coefficient (Wildman–Crippen LogP) is 2.18. The van der Waals surface area contributed by atoms with Gasteiger partial charge in [0, 0.05) is 11.1 Å². The molecule has 0 atom stereocenters. The molecule has 2 rings (SSSR count). The lowest BCUT2D eigenvalue weighted by atomic mass is 10.2. The van der Waals surface area contributed by atoms with Crippen molar-refractivity contribution in [2.45, 2.75) is 0 Å². The summed E-state index contributed by atoms with van der Waals surface area (Å²) in [6, 6.07) is 4.68. The van der Waals surface area contributed by atoms with E-state index in [9.17, 15) is 4.79 Å². The highest BCUT2D eigenvalue weighted by Crippen LogP contribution is 2.21. The van der Waals surface area contributed by atoms with Crippen molar-refractivity contribution >= 4 is 28.5 Å². The molecule has 66 valence electrons. The maximum absolute atomic E-state index is 10.6. The molecule has 0 radical (unpaired) electrons. The third kappa shape index (κ3) is 1.25. The van der Waals surface area contributed by atoms with E-state index in [0.29, 0.717) is 16.0 Å². The topological polar surface area (TPSA) is 63.3 Å². The zero-order chi connectivity index (χ0) is 9.42. The molecule has 13 heavy (non-hydrogen) atoms. The third-order valence-electron chi connectivity index (χ3n) is 1.64. The van der Waals surface area contributed by atoms with Crippen molar-refractivity contribution in [2.75, 3.05) is 0 Å². The normalized spacial score (nSPS) is 10.5. The summed E-state index contributed by atoms with van der Waals surface area (Å²) in [5, 5.41) is 13.0. The van der Waals surface area contributed by atoms with Gasteiger partial charge in [-0.3, -0.25) is 0 Å². The van der Waals surface area contributed by atoms with E-state index in [2.05, 4.69) is 5.16 Å². The lowest BCUT2D eigenvalue weighted by Gasteiger charge is -1.88. The zero-order valence-electron chi connectivity index (χ0n) is 6.32. The van der Waals surface area contributed by atoms with Crippen LogP contribution in [0.3, 0.4) is 0 Å². The van der Waals surface area contributed by atoms with Crippen LogP contribution < -0.4 is 0 Å². The summed E-state index contributed by atoms with van der Waals surface area (Å²) in [4.78, 5) is 10.6. The van der Waals surface area contributed by atoms with E-state index in [1.165, 1.54) is 6.07 Å². The first-order valence-corrected chi connectivity index (χ1v) is 3.84. The van der Waals surface area contributed by atoms with Gasteiger partial charge in [-0.25, -0.2) is 4.79 Å². The quantitative estimate of drug-likeness (QED) is 0.761. The Kier molecular flexibility index (Phi) is 1.70. The summed E-state index contributed by atoms with van der Waals surface area (Å²) in [5.41, 5.74) is 0.288. The summed E-state index contributed by atoms with van der Waals surface area (Å²) in [5.74, 6) is -1.11. The lowest BCUT2D eigenvalue weighted by Crippen LogP contribution is -1.95. The van der Waals surface area contributed by atoms with E-state index < -0.39 is 5.97 Å². The number of carbonyl (C=O) groups is 1. The van der Waals surface area contributed by atoms with Gasteiger partial charge in [-0.2, -0.15) is 0 Å². The second kappa shape index (κ2) is 2.74. The number of carboxylic acid groups (broad SMARTS) is 1. The molecule has 0 saturated heterocycles. The van der Waals surface area contributed by atoms with Crippen molar-refractivity contribution in [1.82, 2.24) is 5.16 Å². The highest BCUT2D eigenvalue weighted by molar-refractivity contribution is 6.31. The number of benzene rings is 1. The minimum Gasteiger partial charge on any atom is -0.476 e. The van der Waals surface area contributed by atoms with Crippen molar-refractivity contribution in [3.8, 4) is 0 Å². The number of fused-ring (bicyclic) bond motifs is 1. The summed E-state index contributed by atoms with van der Waals surface area (Å²) < 4.78 is 4.78. The Balaban J connectivity index is 2.76. The molecule has 0 unspecified atom stereocenters. The maximum atomic E-state index is 10.6. The first-order chi connectivity index (χ1) is 6.18. The van der Waals surface area contributed by atoms with Crippen LogP contribution in [0.15, 0.2) is 22.7 Å². The molecule has 1 N–H and O–H groups in total. The Morgan fingerprint density at radius 2 is 2.31 bits per heavy atom. The Hall–Kier alpha value is -1.55. The second-order valence-corrected chi connectivity index (χ2v) is 2.91. The number of nitrogens with zero attached hydrogens (tertiary/aromatic N) is 1. The van der Waals surface area contributed by atoms with Crippen molar-refractivity contribution in [1.29, 1.82) is 0 Å². The number of hydrogen-bond donors (Lipinski definition) is 1. The van der Waals surface area contributed by atoms with Crippen LogP contribution in [0.1, 0.15) is 10.5 Å². The SMILES string of the molecule is O=C(O)c1noc2cc(Cl)ccc12. The van der Waals surface area contributed by atoms with E-state index >= 15 is 0 Å². The monoisotopic (exact) mass is 197 g/mol. The Labute approximate surface area is 77.7 Å². The van der Waals surface area contributed by atoms with Gasteiger partial charge in [0.05, 0.1) is 5.39 Å². The molecule has 0 aliphatic heterocycles. The molecule has 0 fully saturated rings. The molecule has 5 heteroatoms. The second-order valence-electron chi connectivity index (χ2n) is 2.48. The Bertz CT molecular complexity index is 477. The molecule has 1 heterocycles. The molecule has 0 aliphatic rings. The molecule has 0 spiro atoms. The number of carboxylic acids is 1. The molecule has 1 aromatic carbocycles. The van der Waals surface area contributed by atoms with Crippen LogP contribution in [0.4, 0.5) is 0 Å². The van der Waals surface area contributed by atoms with Crippen molar-refractivity contribution in [3.63, 3.8) is 0 Å². The van der Waals surface area contributed by atoms with E-state index in [4.69, 9.17) is 21.2 Å². The van der Waals surface area contributed by atoms with E-state index in [0.717, 1.165) is 0 Å². The van der Waals surface area contributed by atoms with Crippen LogP contribution in [0.2, 0.25) is 5.02 Å². The van der Waals surface area contributed by atoms with Crippen LogP contribution in [0, 0.1) is 0 Å². The highest BCUT2D eigenvalue weighted by atomic mass is 35.5. The average molecular weight is 198 g/mol. The Morgan fingerprint density at radius 1 is 1.54 bits per heavy atom. The molecule has 0 amide bonds.